The molecule has 1 aromatic carbocycles. The monoisotopic (exact) mass is 289 g/mol. The Bertz CT molecular complexity index is 452. The number of nitrogens with two attached hydrogens (primary N) is 1. The zero-order valence-electron chi connectivity index (χ0n) is 9.50. The molecular formula is C11H13Cl2N3O2. The number of hydrogen-bond donors (Lipinski definition) is 3. The van der Waals surface area contributed by atoms with Gasteiger partial charge in [0.05, 0.1) is 6.54 Å². The van der Waals surface area contributed by atoms with Crippen molar-refractivity contribution in [2.24, 2.45) is 5.73 Å². The molecule has 0 bridgehead atoms. The summed E-state index contributed by atoms with van der Waals surface area (Å²) in [5, 5.41) is 5.99. The van der Waals surface area contributed by atoms with Crippen molar-refractivity contribution in [2.75, 3.05) is 13.1 Å². The van der Waals surface area contributed by atoms with Crippen molar-refractivity contribution >= 4 is 35.1 Å². The second kappa shape index (κ2) is 7.20. The number of amides is 3. The summed E-state index contributed by atoms with van der Waals surface area (Å²) < 4.78 is 0. The summed E-state index contributed by atoms with van der Waals surface area (Å²) in [4.78, 5) is 21.4. The maximum absolute atomic E-state index is 11.1. The number of hydrogen-bond acceptors (Lipinski definition) is 3. The van der Waals surface area contributed by atoms with Crippen molar-refractivity contribution in [3.8, 4) is 0 Å². The molecule has 0 heterocycles. The van der Waals surface area contributed by atoms with E-state index in [0.717, 1.165) is 5.56 Å². The van der Waals surface area contributed by atoms with Gasteiger partial charge in [0.15, 0.2) is 0 Å². The van der Waals surface area contributed by atoms with E-state index < -0.39 is 11.9 Å². The van der Waals surface area contributed by atoms with E-state index in [0.29, 0.717) is 23.0 Å². The van der Waals surface area contributed by atoms with Crippen molar-refractivity contribution in [2.45, 2.75) is 6.42 Å². The third-order valence-corrected chi connectivity index (χ3v) is 2.72. The second-order valence-electron chi connectivity index (χ2n) is 3.57. The fraction of sp³-hybridized carbons (Fsp3) is 0.273. The number of halogens is 2. The van der Waals surface area contributed by atoms with E-state index in [2.05, 4.69) is 5.32 Å². The normalized spacial score (nSPS) is 10.1. The van der Waals surface area contributed by atoms with E-state index in [9.17, 15) is 9.59 Å². The number of primary amides is 1. The largest absolute Gasteiger partial charge is 0.351 e. The SMILES string of the molecule is NC(=O)NC(=O)CNCCc1ccc(Cl)cc1Cl. The molecule has 1 rings (SSSR count). The Kier molecular flexibility index (Phi) is 5.91. The summed E-state index contributed by atoms with van der Waals surface area (Å²) in [5.41, 5.74) is 5.73. The molecule has 0 saturated heterocycles. The van der Waals surface area contributed by atoms with Crippen molar-refractivity contribution in [1.29, 1.82) is 0 Å². The van der Waals surface area contributed by atoms with Crippen molar-refractivity contribution in [1.82, 2.24) is 10.6 Å². The molecule has 0 aromatic heterocycles. The zero-order chi connectivity index (χ0) is 13.5. The predicted molar refractivity (Wildman–Crippen MR) is 70.8 cm³/mol. The van der Waals surface area contributed by atoms with E-state index in [4.69, 9.17) is 28.9 Å². The van der Waals surface area contributed by atoms with Gasteiger partial charge in [-0.3, -0.25) is 10.1 Å². The number of nitrogens with one attached hydrogen (secondary N) is 2. The average Bonchev–Trinajstić information content (AvgIpc) is 2.25. The topological polar surface area (TPSA) is 84.2 Å². The molecule has 0 aliphatic rings. The van der Waals surface area contributed by atoms with Gasteiger partial charge < -0.3 is 11.1 Å². The van der Waals surface area contributed by atoms with Gasteiger partial charge in [0.25, 0.3) is 0 Å². The van der Waals surface area contributed by atoms with Gasteiger partial charge in [-0.05, 0) is 30.7 Å². The summed E-state index contributed by atoms with van der Waals surface area (Å²) in [6, 6.07) is 4.39. The number of carbonyl (C=O) groups excluding carboxylic acids is 2. The number of urea groups is 1. The van der Waals surface area contributed by atoms with Crippen LogP contribution < -0.4 is 16.4 Å². The van der Waals surface area contributed by atoms with Crippen LogP contribution in [0.3, 0.4) is 0 Å². The maximum Gasteiger partial charge on any atom is 0.318 e. The molecule has 0 atom stereocenters. The van der Waals surface area contributed by atoms with Crippen molar-refractivity contribution < 1.29 is 9.59 Å². The molecule has 18 heavy (non-hydrogen) atoms. The molecule has 1 aromatic rings. The number of imide groups is 1. The highest BCUT2D eigenvalue weighted by molar-refractivity contribution is 6.35. The van der Waals surface area contributed by atoms with Gasteiger partial charge in [0.2, 0.25) is 5.91 Å². The fourth-order valence-corrected chi connectivity index (χ4v) is 1.83. The Hall–Kier alpha value is -1.30. The van der Waals surface area contributed by atoms with Crippen LogP contribution in [0.15, 0.2) is 18.2 Å². The number of carbonyl (C=O) groups is 2. The minimum Gasteiger partial charge on any atom is -0.351 e. The van der Waals surface area contributed by atoms with Crippen molar-refractivity contribution in [3.05, 3.63) is 33.8 Å². The van der Waals surface area contributed by atoms with Crippen molar-refractivity contribution in [3.63, 3.8) is 0 Å². The van der Waals surface area contributed by atoms with Crippen LogP contribution in [-0.2, 0) is 11.2 Å². The fourth-order valence-electron chi connectivity index (χ4n) is 1.33. The highest BCUT2D eigenvalue weighted by Gasteiger charge is 2.04. The summed E-state index contributed by atoms with van der Waals surface area (Å²) in [6.07, 6.45) is 0.653. The van der Waals surface area contributed by atoms with E-state index >= 15 is 0 Å². The Morgan fingerprint density at radius 1 is 1.28 bits per heavy atom. The first-order valence-corrected chi connectivity index (χ1v) is 5.98. The summed E-state index contributed by atoms with van der Waals surface area (Å²) >= 11 is 11.8. The molecule has 0 aliphatic carbocycles. The lowest BCUT2D eigenvalue weighted by Crippen LogP contribution is -2.40. The quantitative estimate of drug-likeness (QED) is 0.715. The lowest BCUT2D eigenvalue weighted by atomic mass is 10.1. The highest BCUT2D eigenvalue weighted by Crippen LogP contribution is 2.20. The van der Waals surface area contributed by atoms with E-state index in [1.165, 1.54) is 0 Å². The minimum absolute atomic E-state index is 0.0220. The van der Waals surface area contributed by atoms with Gasteiger partial charge in [-0.25, -0.2) is 4.79 Å². The minimum atomic E-state index is -0.859. The van der Waals surface area contributed by atoms with Crippen LogP contribution in [0.4, 0.5) is 4.79 Å². The van der Waals surface area contributed by atoms with Crippen LogP contribution in [0, 0.1) is 0 Å². The smallest absolute Gasteiger partial charge is 0.318 e. The molecule has 0 unspecified atom stereocenters. The van der Waals surface area contributed by atoms with Crippen LogP contribution >= 0.6 is 23.2 Å². The van der Waals surface area contributed by atoms with Crippen LogP contribution in [0.5, 0.6) is 0 Å². The molecule has 7 heteroatoms. The van der Waals surface area contributed by atoms with Gasteiger partial charge in [0, 0.05) is 10.0 Å². The Balaban J connectivity index is 2.29. The van der Waals surface area contributed by atoms with Crippen LogP contribution in [0.1, 0.15) is 5.56 Å². The summed E-state index contributed by atoms with van der Waals surface area (Å²) in [6.45, 7) is 0.571. The Morgan fingerprint density at radius 2 is 2.00 bits per heavy atom. The van der Waals surface area contributed by atoms with Gasteiger partial charge in [-0.2, -0.15) is 0 Å². The second-order valence-corrected chi connectivity index (χ2v) is 4.42. The van der Waals surface area contributed by atoms with Crippen LogP contribution in [-0.4, -0.2) is 25.0 Å². The zero-order valence-corrected chi connectivity index (χ0v) is 11.0. The lowest BCUT2D eigenvalue weighted by molar-refractivity contribution is -0.119. The van der Waals surface area contributed by atoms with Crippen LogP contribution in [0.25, 0.3) is 0 Å². The van der Waals surface area contributed by atoms with E-state index in [1.807, 2.05) is 11.4 Å². The average molecular weight is 290 g/mol. The maximum atomic E-state index is 11.1. The van der Waals surface area contributed by atoms with Gasteiger partial charge >= 0.3 is 6.03 Å². The molecule has 98 valence electrons. The van der Waals surface area contributed by atoms with Gasteiger partial charge in [-0.1, -0.05) is 29.3 Å². The first-order valence-electron chi connectivity index (χ1n) is 5.23. The number of benzene rings is 1. The molecule has 0 aliphatic heterocycles. The molecule has 0 fully saturated rings. The molecule has 4 N–H and O–H groups in total. The first-order chi connectivity index (χ1) is 8.49. The third-order valence-electron chi connectivity index (χ3n) is 2.13. The lowest BCUT2D eigenvalue weighted by Gasteiger charge is -2.06. The van der Waals surface area contributed by atoms with Gasteiger partial charge in [0.1, 0.15) is 0 Å². The molecule has 0 spiro atoms. The first kappa shape index (κ1) is 14.8. The Labute approximate surface area is 115 Å². The molecule has 0 saturated carbocycles. The molecule has 5 nitrogen and oxygen atoms in total. The standard InChI is InChI=1S/C11H13Cl2N3O2/c12-8-2-1-7(9(13)5-8)3-4-15-6-10(17)16-11(14)18/h1-2,5,15H,3-4,6H2,(H3,14,16,17,18). The van der Waals surface area contributed by atoms with E-state index in [-0.39, 0.29) is 6.54 Å². The number of rotatable bonds is 5. The summed E-state index contributed by atoms with van der Waals surface area (Å²) in [7, 11) is 0. The van der Waals surface area contributed by atoms with E-state index in [1.54, 1.807) is 12.1 Å². The van der Waals surface area contributed by atoms with Gasteiger partial charge in [-0.15, -0.1) is 0 Å². The van der Waals surface area contributed by atoms with Crippen LogP contribution in [0.2, 0.25) is 10.0 Å². The Morgan fingerprint density at radius 3 is 2.61 bits per heavy atom. The highest BCUT2D eigenvalue weighted by atomic mass is 35.5. The summed E-state index contributed by atoms with van der Waals surface area (Å²) in [5.74, 6) is -0.468. The molecular weight excluding hydrogens is 277 g/mol. The predicted octanol–water partition coefficient (Wildman–Crippen LogP) is 1.32. The molecule has 0 radical (unpaired) electrons. The molecule has 3 amide bonds. The third kappa shape index (κ3) is 5.35.